The van der Waals surface area contributed by atoms with Crippen molar-refractivity contribution >= 4 is 5.91 Å². The number of hydrogen-bond acceptors (Lipinski definition) is 5. The number of rotatable bonds is 3. The number of nitrogens with zero attached hydrogens (tertiary/aromatic N) is 4. The van der Waals surface area contributed by atoms with E-state index in [0.29, 0.717) is 24.8 Å². The largest absolute Gasteiger partial charge is 0.372 e. The summed E-state index contributed by atoms with van der Waals surface area (Å²) in [6.07, 6.45) is 3.16. The van der Waals surface area contributed by atoms with Gasteiger partial charge in [-0.15, -0.1) is 5.10 Å². The van der Waals surface area contributed by atoms with Crippen molar-refractivity contribution in [1.29, 1.82) is 0 Å². The number of amides is 1. The van der Waals surface area contributed by atoms with Crippen LogP contribution in [0.4, 0.5) is 0 Å². The van der Waals surface area contributed by atoms with Crippen molar-refractivity contribution in [2.75, 3.05) is 26.2 Å². The van der Waals surface area contributed by atoms with Crippen LogP contribution in [0.5, 0.6) is 0 Å². The molecule has 7 nitrogen and oxygen atoms in total. The van der Waals surface area contributed by atoms with Crippen LogP contribution in [0, 0.1) is 6.92 Å². The molecule has 2 fully saturated rings. The fraction of sp³-hybridized carbons (Fsp3) is 0.812. The first-order valence-corrected chi connectivity index (χ1v) is 8.67. The van der Waals surface area contributed by atoms with Gasteiger partial charge in [-0.05, 0) is 46.2 Å². The van der Waals surface area contributed by atoms with E-state index in [1.54, 1.807) is 0 Å². The molecular weight excluding hydrogens is 294 g/mol. The van der Waals surface area contributed by atoms with Gasteiger partial charge in [-0.3, -0.25) is 4.79 Å². The zero-order valence-electron chi connectivity index (χ0n) is 14.3. The smallest absolute Gasteiger partial charge is 0.276 e. The lowest BCUT2D eigenvalue weighted by atomic mass is 10.1. The number of aromatic nitrogens is 3. The first kappa shape index (κ1) is 16.4. The monoisotopic (exact) mass is 321 g/mol. The summed E-state index contributed by atoms with van der Waals surface area (Å²) in [5, 5.41) is 11.8. The quantitative estimate of drug-likeness (QED) is 0.904. The maximum Gasteiger partial charge on any atom is 0.276 e. The van der Waals surface area contributed by atoms with E-state index in [0.717, 1.165) is 38.0 Å². The third-order valence-electron chi connectivity index (χ3n) is 4.85. The molecule has 0 bridgehead atoms. The Kier molecular flexibility index (Phi) is 4.96. The number of ether oxygens (including phenoxy) is 1. The Bertz CT molecular complexity index is 553. The van der Waals surface area contributed by atoms with Gasteiger partial charge in [0.2, 0.25) is 0 Å². The van der Waals surface area contributed by atoms with E-state index < -0.39 is 0 Å². The van der Waals surface area contributed by atoms with Crippen molar-refractivity contribution in [3.05, 3.63) is 11.4 Å². The third-order valence-corrected chi connectivity index (χ3v) is 4.85. The van der Waals surface area contributed by atoms with Crippen LogP contribution in [0.15, 0.2) is 0 Å². The van der Waals surface area contributed by atoms with E-state index in [-0.39, 0.29) is 18.1 Å². The maximum atomic E-state index is 12.9. The number of nitrogens with one attached hydrogen (secondary N) is 1. The first-order chi connectivity index (χ1) is 11.1. The van der Waals surface area contributed by atoms with Crippen LogP contribution < -0.4 is 5.32 Å². The summed E-state index contributed by atoms with van der Waals surface area (Å²) in [6.45, 7) is 9.30. The summed E-state index contributed by atoms with van der Waals surface area (Å²) < 4.78 is 7.78. The second-order valence-corrected chi connectivity index (χ2v) is 6.64. The minimum absolute atomic E-state index is 0.0173. The topological polar surface area (TPSA) is 72.3 Å². The molecule has 2 unspecified atom stereocenters. The van der Waals surface area contributed by atoms with Crippen molar-refractivity contribution in [2.45, 2.75) is 58.3 Å². The van der Waals surface area contributed by atoms with E-state index in [9.17, 15) is 4.79 Å². The molecule has 2 aliphatic heterocycles. The molecule has 0 spiro atoms. The van der Waals surface area contributed by atoms with Gasteiger partial charge >= 0.3 is 0 Å². The lowest BCUT2D eigenvalue weighted by Crippen LogP contribution is -2.49. The zero-order chi connectivity index (χ0) is 16.4. The molecular formula is C16H27N5O2. The third kappa shape index (κ3) is 3.40. The van der Waals surface area contributed by atoms with Crippen molar-refractivity contribution < 1.29 is 9.53 Å². The molecule has 0 aliphatic carbocycles. The number of piperidine rings is 1. The van der Waals surface area contributed by atoms with Crippen LogP contribution in [0.1, 0.15) is 55.3 Å². The lowest BCUT2D eigenvalue weighted by Gasteiger charge is -2.36. The molecule has 1 N–H and O–H groups in total. The number of morpholine rings is 1. The van der Waals surface area contributed by atoms with Gasteiger partial charge in [0.15, 0.2) is 5.69 Å². The van der Waals surface area contributed by atoms with Crippen LogP contribution in [-0.2, 0) is 4.74 Å². The highest BCUT2D eigenvalue weighted by Gasteiger charge is 2.31. The minimum Gasteiger partial charge on any atom is -0.372 e. The summed E-state index contributed by atoms with van der Waals surface area (Å²) in [5.74, 6) is -0.0173. The van der Waals surface area contributed by atoms with E-state index in [4.69, 9.17) is 4.74 Å². The molecule has 3 heterocycles. The van der Waals surface area contributed by atoms with Crippen LogP contribution >= 0.6 is 0 Å². The van der Waals surface area contributed by atoms with Gasteiger partial charge in [0.25, 0.3) is 5.91 Å². The first-order valence-electron chi connectivity index (χ1n) is 8.67. The summed E-state index contributed by atoms with van der Waals surface area (Å²) in [5.41, 5.74) is 1.38. The van der Waals surface area contributed by atoms with Crippen LogP contribution in [-0.4, -0.2) is 64.2 Å². The Morgan fingerprint density at radius 2 is 2.09 bits per heavy atom. The minimum atomic E-state index is -0.0173. The van der Waals surface area contributed by atoms with E-state index >= 15 is 0 Å². The molecule has 128 valence electrons. The van der Waals surface area contributed by atoms with E-state index in [2.05, 4.69) is 22.6 Å². The highest BCUT2D eigenvalue weighted by molar-refractivity contribution is 5.93. The number of carbonyl (C=O) groups excluding carboxylic acids is 1. The molecule has 2 aliphatic rings. The highest BCUT2D eigenvalue weighted by Crippen LogP contribution is 2.22. The van der Waals surface area contributed by atoms with Crippen molar-refractivity contribution in [1.82, 2.24) is 25.2 Å². The number of hydrogen-bond donors (Lipinski definition) is 1. The average Bonchev–Trinajstić information content (AvgIpc) is 2.96. The number of carbonyl (C=O) groups is 1. The standard InChI is InChI=1S/C16H27N5O2/c1-4-14-10-20(9-11(2)23-14)16(22)15-12(3)21(19-18-15)13-5-7-17-8-6-13/h11,13-14,17H,4-10H2,1-3H3. The Morgan fingerprint density at radius 1 is 1.35 bits per heavy atom. The van der Waals surface area contributed by atoms with Gasteiger partial charge in [-0.2, -0.15) is 0 Å². The highest BCUT2D eigenvalue weighted by atomic mass is 16.5. The molecule has 2 saturated heterocycles. The molecule has 3 rings (SSSR count). The van der Waals surface area contributed by atoms with E-state index in [1.165, 1.54) is 0 Å². The van der Waals surface area contributed by atoms with Crippen LogP contribution in [0.25, 0.3) is 0 Å². The van der Waals surface area contributed by atoms with Crippen LogP contribution in [0.3, 0.4) is 0 Å². The second kappa shape index (κ2) is 6.97. The summed E-state index contributed by atoms with van der Waals surface area (Å²) >= 11 is 0. The van der Waals surface area contributed by atoms with Gasteiger partial charge in [0.1, 0.15) is 0 Å². The van der Waals surface area contributed by atoms with Gasteiger partial charge in [-0.25, -0.2) is 4.68 Å². The Labute approximate surface area is 137 Å². The van der Waals surface area contributed by atoms with Gasteiger partial charge in [0.05, 0.1) is 23.9 Å². The van der Waals surface area contributed by atoms with Crippen LogP contribution in [0.2, 0.25) is 0 Å². The predicted octanol–water partition coefficient (Wildman–Crippen LogP) is 1.15. The Morgan fingerprint density at radius 3 is 2.78 bits per heavy atom. The molecule has 1 aromatic rings. The van der Waals surface area contributed by atoms with Gasteiger partial charge in [-0.1, -0.05) is 12.1 Å². The Balaban J connectivity index is 1.76. The summed E-state index contributed by atoms with van der Waals surface area (Å²) in [4.78, 5) is 14.7. The molecule has 0 saturated carbocycles. The Hall–Kier alpha value is -1.47. The van der Waals surface area contributed by atoms with E-state index in [1.807, 2.05) is 23.4 Å². The molecule has 1 aromatic heterocycles. The SMILES string of the molecule is CCC1CN(C(=O)c2nnn(C3CCNCC3)c2C)CC(C)O1. The average molecular weight is 321 g/mol. The molecule has 23 heavy (non-hydrogen) atoms. The lowest BCUT2D eigenvalue weighted by molar-refractivity contribution is -0.0682. The molecule has 0 aromatic carbocycles. The summed E-state index contributed by atoms with van der Waals surface area (Å²) in [7, 11) is 0. The van der Waals surface area contributed by atoms with Gasteiger partial charge < -0.3 is 15.0 Å². The predicted molar refractivity (Wildman–Crippen MR) is 86.4 cm³/mol. The molecule has 0 radical (unpaired) electrons. The fourth-order valence-electron chi connectivity index (χ4n) is 3.52. The maximum absolute atomic E-state index is 12.9. The van der Waals surface area contributed by atoms with Crippen molar-refractivity contribution in [3.63, 3.8) is 0 Å². The van der Waals surface area contributed by atoms with Crippen molar-refractivity contribution in [2.24, 2.45) is 0 Å². The molecule has 7 heteroatoms. The zero-order valence-corrected chi connectivity index (χ0v) is 14.3. The fourth-order valence-corrected chi connectivity index (χ4v) is 3.52. The normalized spacial score (nSPS) is 26.5. The summed E-state index contributed by atoms with van der Waals surface area (Å²) in [6, 6.07) is 0.345. The van der Waals surface area contributed by atoms with Crippen molar-refractivity contribution in [3.8, 4) is 0 Å². The molecule has 1 amide bonds. The molecule has 2 atom stereocenters. The second-order valence-electron chi connectivity index (χ2n) is 6.64. The van der Waals surface area contributed by atoms with Gasteiger partial charge in [0, 0.05) is 13.1 Å².